The lowest BCUT2D eigenvalue weighted by Crippen LogP contribution is -2.64. The van der Waals surface area contributed by atoms with Crippen molar-refractivity contribution in [3.63, 3.8) is 0 Å². The Labute approximate surface area is 188 Å². The van der Waals surface area contributed by atoms with Gasteiger partial charge in [0.05, 0.1) is 12.2 Å². The lowest BCUT2D eigenvalue weighted by molar-refractivity contribution is -0.134. The van der Waals surface area contributed by atoms with E-state index in [9.17, 15) is 9.59 Å². The molecule has 0 bridgehead atoms. The first-order valence-corrected chi connectivity index (χ1v) is 11.6. The van der Waals surface area contributed by atoms with Crippen LogP contribution in [0, 0.1) is 0 Å². The van der Waals surface area contributed by atoms with Gasteiger partial charge in [-0.2, -0.15) is 5.10 Å². The number of hydrogen-bond donors (Lipinski definition) is 1. The lowest BCUT2D eigenvalue weighted by Gasteiger charge is -2.44. The molecular formula is C24H31ClN4O2. The standard InChI is InChI=1S/C24H31ClN4O2/c1-16(2)20-13-21-22(30)28(14-17-8-7-9-18(25)12-17)24(3,15-29(21)27-20)23(31)26-19-10-5-4-6-11-19/h7-9,12-13,16,19H,4-6,10-11,14-15H2,1-3H3,(H,26,31). The van der Waals surface area contributed by atoms with Crippen LogP contribution in [0.3, 0.4) is 0 Å². The van der Waals surface area contributed by atoms with E-state index in [1.807, 2.05) is 37.3 Å². The van der Waals surface area contributed by atoms with Crippen LogP contribution in [-0.2, 0) is 17.9 Å². The van der Waals surface area contributed by atoms with Gasteiger partial charge in [-0.15, -0.1) is 0 Å². The van der Waals surface area contributed by atoms with Crippen molar-refractivity contribution >= 4 is 23.4 Å². The Balaban J connectivity index is 1.69. The minimum atomic E-state index is -1.04. The van der Waals surface area contributed by atoms with Gasteiger partial charge in [0, 0.05) is 17.6 Å². The summed E-state index contributed by atoms with van der Waals surface area (Å²) in [6.07, 6.45) is 5.47. The van der Waals surface area contributed by atoms with Crippen LogP contribution in [0.4, 0.5) is 0 Å². The molecule has 0 saturated heterocycles. The highest BCUT2D eigenvalue weighted by Crippen LogP contribution is 2.31. The molecule has 1 aliphatic carbocycles. The van der Waals surface area contributed by atoms with Crippen LogP contribution < -0.4 is 5.32 Å². The summed E-state index contributed by atoms with van der Waals surface area (Å²) in [4.78, 5) is 28.9. The van der Waals surface area contributed by atoms with Gasteiger partial charge >= 0.3 is 0 Å². The van der Waals surface area contributed by atoms with Gasteiger partial charge in [-0.3, -0.25) is 14.3 Å². The number of carbonyl (C=O) groups excluding carboxylic acids is 2. The van der Waals surface area contributed by atoms with Crippen molar-refractivity contribution in [1.82, 2.24) is 20.0 Å². The summed E-state index contributed by atoms with van der Waals surface area (Å²) in [7, 11) is 0. The average molecular weight is 443 g/mol. The summed E-state index contributed by atoms with van der Waals surface area (Å²) in [6, 6.07) is 9.49. The van der Waals surface area contributed by atoms with Crippen LogP contribution in [0.5, 0.6) is 0 Å². The maximum Gasteiger partial charge on any atom is 0.273 e. The van der Waals surface area contributed by atoms with E-state index in [2.05, 4.69) is 24.3 Å². The topological polar surface area (TPSA) is 67.2 Å². The molecule has 1 unspecified atom stereocenters. The first-order chi connectivity index (χ1) is 14.8. The predicted octanol–water partition coefficient (Wildman–Crippen LogP) is 4.52. The molecule has 1 saturated carbocycles. The van der Waals surface area contributed by atoms with E-state index in [0.717, 1.165) is 36.9 Å². The fourth-order valence-electron chi connectivity index (χ4n) is 4.60. The molecule has 2 amide bonds. The molecule has 7 heteroatoms. The summed E-state index contributed by atoms with van der Waals surface area (Å²) >= 11 is 6.18. The van der Waals surface area contributed by atoms with Crippen LogP contribution >= 0.6 is 11.6 Å². The van der Waals surface area contributed by atoms with Crippen LogP contribution in [-0.4, -0.2) is 38.1 Å². The van der Waals surface area contributed by atoms with Crippen LogP contribution in [0.2, 0.25) is 5.02 Å². The summed E-state index contributed by atoms with van der Waals surface area (Å²) in [5.74, 6) is -0.0800. The van der Waals surface area contributed by atoms with E-state index in [1.54, 1.807) is 9.58 Å². The molecule has 31 heavy (non-hydrogen) atoms. The van der Waals surface area contributed by atoms with Gasteiger partial charge in [0.15, 0.2) is 0 Å². The molecule has 0 radical (unpaired) electrons. The van der Waals surface area contributed by atoms with Gasteiger partial charge in [0.1, 0.15) is 11.2 Å². The Morgan fingerprint density at radius 1 is 1.26 bits per heavy atom. The van der Waals surface area contributed by atoms with Gasteiger partial charge in [-0.1, -0.05) is 56.8 Å². The molecule has 1 atom stereocenters. The molecule has 6 nitrogen and oxygen atoms in total. The number of halogens is 1. The Bertz CT molecular complexity index is 980. The second kappa shape index (κ2) is 8.65. The number of nitrogens with one attached hydrogen (secondary N) is 1. The lowest BCUT2D eigenvalue weighted by atomic mass is 9.91. The maximum absolute atomic E-state index is 13.6. The number of aromatic nitrogens is 2. The monoisotopic (exact) mass is 442 g/mol. The second-order valence-corrected chi connectivity index (χ2v) is 9.81. The van der Waals surface area contributed by atoms with Gasteiger partial charge in [-0.25, -0.2) is 0 Å². The third-order valence-corrected chi connectivity index (χ3v) is 6.80. The van der Waals surface area contributed by atoms with Gasteiger partial charge < -0.3 is 10.2 Å². The fourth-order valence-corrected chi connectivity index (χ4v) is 4.81. The number of benzene rings is 1. The highest BCUT2D eigenvalue weighted by atomic mass is 35.5. The highest BCUT2D eigenvalue weighted by Gasteiger charge is 2.48. The Morgan fingerprint density at radius 3 is 2.68 bits per heavy atom. The molecule has 1 aromatic heterocycles. The summed E-state index contributed by atoms with van der Waals surface area (Å²) in [6.45, 7) is 6.61. The molecule has 1 aliphatic heterocycles. The van der Waals surface area contributed by atoms with Crippen LogP contribution in [0.1, 0.15) is 80.5 Å². The molecular weight excluding hydrogens is 412 g/mol. The van der Waals surface area contributed by atoms with Crippen molar-refractivity contribution in [3.8, 4) is 0 Å². The third kappa shape index (κ3) is 4.36. The molecule has 4 rings (SSSR count). The number of carbonyl (C=O) groups is 2. The zero-order valence-corrected chi connectivity index (χ0v) is 19.3. The van der Waals surface area contributed by atoms with E-state index in [0.29, 0.717) is 23.8 Å². The Morgan fingerprint density at radius 2 is 2.00 bits per heavy atom. The molecule has 2 aromatic rings. The maximum atomic E-state index is 13.6. The molecule has 0 spiro atoms. The molecule has 1 fully saturated rings. The van der Waals surface area contributed by atoms with Crippen molar-refractivity contribution in [2.45, 2.75) is 83.5 Å². The van der Waals surface area contributed by atoms with Crippen molar-refractivity contribution in [3.05, 3.63) is 52.3 Å². The van der Waals surface area contributed by atoms with Crippen molar-refractivity contribution in [2.75, 3.05) is 0 Å². The van der Waals surface area contributed by atoms with Gasteiger partial charge in [-0.05, 0) is 49.4 Å². The average Bonchev–Trinajstić information content (AvgIpc) is 3.16. The molecule has 2 aliphatic rings. The number of nitrogens with zero attached hydrogens (tertiary/aromatic N) is 3. The number of rotatable bonds is 5. The van der Waals surface area contributed by atoms with E-state index >= 15 is 0 Å². The van der Waals surface area contributed by atoms with Crippen molar-refractivity contribution in [2.24, 2.45) is 0 Å². The zero-order valence-electron chi connectivity index (χ0n) is 18.5. The largest absolute Gasteiger partial charge is 0.351 e. The number of amides is 2. The minimum Gasteiger partial charge on any atom is -0.351 e. The van der Waals surface area contributed by atoms with Crippen LogP contribution in [0.25, 0.3) is 0 Å². The second-order valence-electron chi connectivity index (χ2n) is 9.37. The molecule has 166 valence electrons. The van der Waals surface area contributed by atoms with Crippen molar-refractivity contribution in [1.29, 1.82) is 0 Å². The summed E-state index contributed by atoms with van der Waals surface area (Å²) in [5, 5.41) is 8.50. The molecule has 1 N–H and O–H groups in total. The predicted molar refractivity (Wildman–Crippen MR) is 121 cm³/mol. The molecule has 1 aromatic carbocycles. The first-order valence-electron chi connectivity index (χ1n) is 11.2. The van der Waals surface area contributed by atoms with Crippen LogP contribution in [0.15, 0.2) is 30.3 Å². The van der Waals surface area contributed by atoms with Crippen molar-refractivity contribution < 1.29 is 9.59 Å². The zero-order chi connectivity index (χ0) is 22.2. The normalized spacial score (nSPS) is 22.0. The van der Waals surface area contributed by atoms with Gasteiger partial charge in [0.25, 0.3) is 5.91 Å². The number of fused-ring (bicyclic) bond motifs is 1. The smallest absolute Gasteiger partial charge is 0.273 e. The van der Waals surface area contributed by atoms with Gasteiger partial charge in [0.2, 0.25) is 5.91 Å². The highest BCUT2D eigenvalue weighted by molar-refractivity contribution is 6.30. The summed E-state index contributed by atoms with van der Waals surface area (Å²) in [5.41, 5.74) is 1.26. The summed E-state index contributed by atoms with van der Waals surface area (Å²) < 4.78 is 1.71. The minimum absolute atomic E-state index is 0.109. The van der Waals surface area contributed by atoms with E-state index in [1.165, 1.54) is 6.42 Å². The van der Waals surface area contributed by atoms with E-state index in [4.69, 9.17) is 11.6 Å². The van der Waals surface area contributed by atoms with E-state index in [-0.39, 0.29) is 23.8 Å². The molecule has 2 heterocycles. The quantitative estimate of drug-likeness (QED) is 0.740. The number of hydrogen-bond acceptors (Lipinski definition) is 3. The Kier molecular flexibility index (Phi) is 6.11. The first kappa shape index (κ1) is 21.9. The SMILES string of the molecule is CC(C)c1cc2n(n1)CC(C)(C(=O)NC1CCCCC1)N(Cc1cccc(Cl)c1)C2=O. The third-order valence-electron chi connectivity index (χ3n) is 6.57. The fraction of sp³-hybridized carbons (Fsp3) is 0.542. The van der Waals surface area contributed by atoms with E-state index < -0.39 is 5.54 Å². The Hall–Kier alpha value is -2.34.